The zero-order valence-electron chi connectivity index (χ0n) is 21.6. The minimum atomic E-state index is -0.506. The van der Waals surface area contributed by atoms with Gasteiger partial charge in [-0.2, -0.15) is 0 Å². The van der Waals surface area contributed by atoms with E-state index in [0.29, 0.717) is 42.7 Å². The molecule has 1 amide bonds. The Labute approximate surface area is 209 Å². The van der Waals surface area contributed by atoms with Gasteiger partial charge in [-0.15, -0.1) is 0 Å². The molecule has 1 saturated heterocycles. The van der Waals surface area contributed by atoms with Gasteiger partial charge in [0.15, 0.2) is 5.79 Å². The summed E-state index contributed by atoms with van der Waals surface area (Å²) in [6.45, 7) is 6.20. The lowest BCUT2D eigenvalue weighted by molar-refractivity contribution is -0.179. The van der Waals surface area contributed by atoms with Crippen molar-refractivity contribution >= 4 is 17.6 Å². The van der Waals surface area contributed by atoms with E-state index in [1.807, 2.05) is 17.0 Å². The molecule has 194 valence electrons. The number of amides is 1. The Morgan fingerprint density at radius 1 is 1.06 bits per heavy atom. The molecule has 3 fully saturated rings. The van der Waals surface area contributed by atoms with Crippen LogP contribution in [0.15, 0.2) is 18.2 Å². The predicted octanol–water partition coefficient (Wildman–Crippen LogP) is 5.50. The van der Waals surface area contributed by atoms with Gasteiger partial charge in [0.2, 0.25) is 5.91 Å². The predicted molar refractivity (Wildman–Crippen MR) is 134 cm³/mol. The summed E-state index contributed by atoms with van der Waals surface area (Å²) in [5, 5.41) is 0. The SMILES string of the molecule is CCCCOc1ccc(N(C(=O)[C@H]2CC[C@H](C)CC2)C2CCC3(CC2)OCCO3)c(C(=O)OC)c1. The summed E-state index contributed by atoms with van der Waals surface area (Å²) in [5.41, 5.74) is 1.00. The van der Waals surface area contributed by atoms with Crippen LogP contribution in [0.25, 0.3) is 0 Å². The van der Waals surface area contributed by atoms with Gasteiger partial charge in [0.05, 0.1) is 38.2 Å². The lowest BCUT2D eigenvalue weighted by Crippen LogP contribution is -2.49. The average molecular weight is 488 g/mol. The molecule has 0 unspecified atom stereocenters. The number of carbonyl (C=O) groups excluding carboxylic acids is 2. The van der Waals surface area contributed by atoms with Gasteiger partial charge >= 0.3 is 5.97 Å². The molecule has 0 N–H and O–H groups in total. The Kier molecular flexibility index (Phi) is 8.71. The topological polar surface area (TPSA) is 74.3 Å². The number of methoxy groups -OCH3 is 1. The van der Waals surface area contributed by atoms with Gasteiger partial charge in [-0.1, -0.05) is 20.3 Å². The third-order valence-electron chi connectivity index (χ3n) is 7.90. The van der Waals surface area contributed by atoms with Gasteiger partial charge in [0.25, 0.3) is 0 Å². The third kappa shape index (κ3) is 6.00. The number of rotatable bonds is 8. The van der Waals surface area contributed by atoms with Crippen molar-refractivity contribution in [2.45, 2.75) is 89.9 Å². The molecule has 1 spiro atoms. The largest absolute Gasteiger partial charge is 0.494 e. The molecular formula is C28H41NO6. The summed E-state index contributed by atoms with van der Waals surface area (Å²) in [5.74, 6) is 0.419. The van der Waals surface area contributed by atoms with E-state index in [0.717, 1.165) is 64.2 Å². The van der Waals surface area contributed by atoms with E-state index in [1.54, 1.807) is 6.07 Å². The first-order valence-corrected chi connectivity index (χ1v) is 13.4. The minimum absolute atomic E-state index is 0.0180. The minimum Gasteiger partial charge on any atom is -0.494 e. The van der Waals surface area contributed by atoms with Crippen molar-refractivity contribution in [2.24, 2.45) is 11.8 Å². The molecule has 1 heterocycles. The van der Waals surface area contributed by atoms with Crippen LogP contribution in [0.4, 0.5) is 5.69 Å². The fourth-order valence-corrected chi connectivity index (χ4v) is 5.71. The molecule has 1 aromatic carbocycles. The zero-order valence-corrected chi connectivity index (χ0v) is 21.6. The number of esters is 1. The van der Waals surface area contributed by atoms with E-state index in [9.17, 15) is 9.59 Å². The van der Waals surface area contributed by atoms with Crippen LogP contribution in [0.1, 0.15) is 88.4 Å². The van der Waals surface area contributed by atoms with Crippen LogP contribution in [0.3, 0.4) is 0 Å². The molecule has 7 nitrogen and oxygen atoms in total. The second kappa shape index (κ2) is 11.7. The molecule has 35 heavy (non-hydrogen) atoms. The van der Waals surface area contributed by atoms with Crippen LogP contribution in [0.5, 0.6) is 5.75 Å². The summed E-state index contributed by atoms with van der Waals surface area (Å²) in [6.07, 6.45) is 8.91. The number of hydrogen-bond acceptors (Lipinski definition) is 6. The number of nitrogens with zero attached hydrogens (tertiary/aromatic N) is 1. The van der Waals surface area contributed by atoms with Gasteiger partial charge in [-0.05, 0) is 69.1 Å². The van der Waals surface area contributed by atoms with Crippen LogP contribution in [-0.4, -0.2) is 50.6 Å². The van der Waals surface area contributed by atoms with Gasteiger partial charge in [-0.25, -0.2) is 4.79 Å². The van der Waals surface area contributed by atoms with Gasteiger partial charge in [-0.3, -0.25) is 4.79 Å². The van der Waals surface area contributed by atoms with Crippen molar-refractivity contribution in [1.29, 1.82) is 0 Å². The Morgan fingerprint density at radius 3 is 2.37 bits per heavy atom. The highest BCUT2D eigenvalue weighted by Crippen LogP contribution is 2.41. The maximum atomic E-state index is 14.1. The fraction of sp³-hybridized carbons (Fsp3) is 0.714. The van der Waals surface area contributed by atoms with Crippen molar-refractivity contribution in [3.05, 3.63) is 23.8 Å². The standard InChI is InChI=1S/C28H41NO6/c1-4-5-16-33-23-10-11-25(24(19-23)27(31)32-3)29(26(30)21-8-6-20(2)7-9-21)22-12-14-28(15-13-22)34-17-18-35-28/h10-11,19-22H,4-9,12-18H2,1-3H3/t20-,21-. The highest BCUT2D eigenvalue weighted by molar-refractivity contribution is 6.04. The number of benzene rings is 1. The Hall–Kier alpha value is -2.12. The monoisotopic (exact) mass is 487 g/mol. The van der Waals surface area contributed by atoms with Gasteiger partial charge in [0.1, 0.15) is 5.75 Å². The maximum absolute atomic E-state index is 14.1. The molecule has 1 aromatic rings. The molecule has 2 saturated carbocycles. The summed E-state index contributed by atoms with van der Waals surface area (Å²) in [4.78, 5) is 28.9. The Morgan fingerprint density at radius 2 is 1.74 bits per heavy atom. The first-order chi connectivity index (χ1) is 17.0. The summed E-state index contributed by atoms with van der Waals surface area (Å²) >= 11 is 0. The molecule has 3 aliphatic rings. The summed E-state index contributed by atoms with van der Waals surface area (Å²) < 4.78 is 22.9. The van der Waals surface area contributed by atoms with Crippen molar-refractivity contribution in [1.82, 2.24) is 0 Å². The fourth-order valence-electron chi connectivity index (χ4n) is 5.71. The number of unbranched alkanes of at least 4 members (excludes halogenated alkanes) is 1. The third-order valence-corrected chi connectivity index (χ3v) is 7.90. The van der Waals surface area contributed by atoms with Crippen LogP contribution in [0.2, 0.25) is 0 Å². The summed E-state index contributed by atoms with van der Waals surface area (Å²) in [7, 11) is 1.38. The van der Waals surface area contributed by atoms with E-state index in [-0.39, 0.29) is 17.9 Å². The van der Waals surface area contributed by atoms with E-state index >= 15 is 0 Å². The smallest absolute Gasteiger partial charge is 0.340 e. The van der Waals surface area contributed by atoms with Crippen LogP contribution in [-0.2, 0) is 19.0 Å². The van der Waals surface area contributed by atoms with Crippen molar-refractivity contribution in [2.75, 3.05) is 31.8 Å². The van der Waals surface area contributed by atoms with Crippen LogP contribution in [0, 0.1) is 11.8 Å². The number of anilines is 1. The molecule has 0 atom stereocenters. The van der Waals surface area contributed by atoms with E-state index in [4.69, 9.17) is 18.9 Å². The molecule has 1 aliphatic heterocycles. The first-order valence-electron chi connectivity index (χ1n) is 13.4. The van der Waals surface area contributed by atoms with Gasteiger partial charge < -0.3 is 23.8 Å². The Bertz CT molecular complexity index is 862. The molecule has 0 radical (unpaired) electrons. The van der Waals surface area contributed by atoms with E-state index < -0.39 is 11.8 Å². The van der Waals surface area contributed by atoms with Crippen molar-refractivity contribution in [3.8, 4) is 5.75 Å². The number of carbonyl (C=O) groups is 2. The molecule has 7 heteroatoms. The molecule has 2 aliphatic carbocycles. The van der Waals surface area contributed by atoms with Crippen molar-refractivity contribution < 1.29 is 28.5 Å². The first kappa shape index (κ1) is 26.0. The molecule has 4 rings (SSSR count). The molecule has 0 aromatic heterocycles. The Balaban J connectivity index is 1.64. The van der Waals surface area contributed by atoms with Crippen molar-refractivity contribution in [3.63, 3.8) is 0 Å². The zero-order chi connectivity index (χ0) is 24.8. The molecular weight excluding hydrogens is 446 g/mol. The highest BCUT2D eigenvalue weighted by atomic mass is 16.7. The average Bonchev–Trinajstić information content (AvgIpc) is 3.34. The number of ether oxygens (including phenoxy) is 4. The van der Waals surface area contributed by atoms with Crippen LogP contribution >= 0.6 is 0 Å². The van der Waals surface area contributed by atoms with E-state index in [1.165, 1.54) is 7.11 Å². The lowest BCUT2D eigenvalue weighted by atomic mass is 9.81. The highest BCUT2D eigenvalue weighted by Gasteiger charge is 2.44. The lowest BCUT2D eigenvalue weighted by Gasteiger charge is -2.42. The van der Waals surface area contributed by atoms with Gasteiger partial charge in [0, 0.05) is 24.8 Å². The normalized spacial score (nSPS) is 24.3. The number of hydrogen-bond donors (Lipinski definition) is 0. The second-order valence-electron chi connectivity index (χ2n) is 10.4. The quantitative estimate of drug-likeness (QED) is 0.356. The summed E-state index contributed by atoms with van der Waals surface area (Å²) in [6, 6.07) is 5.45. The molecule has 0 bridgehead atoms. The maximum Gasteiger partial charge on any atom is 0.340 e. The second-order valence-corrected chi connectivity index (χ2v) is 10.4. The van der Waals surface area contributed by atoms with E-state index in [2.05, 4.69) is 13.8 Å². The van der Waals surface area contributed by atoms with Crippen LogP contribution < -0.4 is 9.64 Å².